The number of fused-ring (bicyclic) bond motifs is 1. The van der Waals surface area contributed by atoms with Gasteiger partial charge in [0.15, 0.2) is 5.78 Å². The van der Waals surface area contributed by atoms with Crippen molar-refractivity contribution >= 4 is 29.3 Å². The molecule has 0 aliphatic carbocycles. The minimum Gasteiger partial charge on any atom is -0.460 e. The predicted molar refractivity (Wildman–Crippen MR) is 161 cm³/mol. The Labute approximate surface area is 249 Å². The van der Waals surface area contributed by atoms with Gasteiger partial charge >= 0.3 is 5.97 Å². The molecule has 2 aromatic rings. The van der Waals surface area contributed by atoms with E-state index >= 15 is 0 Å². The first kappa shape index (κ1) is 31.2. The van der Waals surface area contributed by atoms with E-state index in [1.165, 1.54) is 5.56 Å². The van der Waals surface area contributed by atoms with Gasteiger partial charge in [0.2, 0.25) is 5.91 Å². The second kappa shape index (κ2) is 13.9. The minimum absolute atomic E-state index is 0.0173. The lowest BCUT2D eigenvalue weighted by Gasteiger charge is -2.32. The molecule has 1 unspecified atom stereocenters. The number of aromatic nitrogens is 1. The number of rotatable bonds is 11. The fourth-order valence-electron chi connectivity index (χ4n) is 6.19. The van der Waals surface area contributed by atoms with Crippen molar-refractivity contribution in [2.45, 2.75) is 103 Å². The number of halogens is 1. The minimum atomic E-state index is -0.673. The lowest BCUT2D eigenvalue weighted by atomic mass is 9.98. The summed E-state index contributed by atoms with van der Waals surface area (Å²) in [5.74, 6) is 0.0338. The first-order chi connectivity index (χ1) is 19.5. The monoisotopic (exact) mass is 581 g/mol. The number of esters is 1. The van der Waals surface area contributed by atoms with E-state index < -0.39 is 11.6 Å². The molecule has 3 heterocycles. The zero-order valence-electron chi connectivity index (χ0n) is 24.9. The lowest BCUT2D eigenvalue weighted by molar-refractivity contribution is -0.156. The summed E-state index contributed by atoms with van der Waals surface area (Å²) in [5.41, 5.74) is 1.46. The number of aryl methyl sites for hydroxylation is 2. The van der Waals surface area contributed by atoms with Crippen molar-refractivity contribution in [2.75, 3.05) is 13.1 Å². The topological polar surface area (TPSA) is 79.8 Å². The summed E-state index contributed by atoms with van der Waals surface area (Å²) in [6.07, 6.45) is 6.11. The lowest BCUT2D eigenvalue weighted by Crippen LogP contribution is -2.50. The maximum atomic E-state index is 14.1. The summed E-state index contributed by atoms with van der Waals surface area (Å²) in [5, 5.41) is 0.544. The molecule has 0 spiro atoms. The van der Waals surface area contributed by atoms with Gasteiger partial charge in [-0.1, -0.05) is 48.9 Å². The fraction of sp³-hybridized carbons (Fsp3) is 0.576. The Kier molecular flexibility index (Phi) is 10.6. The molecule has 0 N–H and O–H groups in total. The highest BCUT2D eigenvalue weighted by Gasteiger charge is 2.45. The number of ether oxygens (including phenoxy) is 1. The zero-order valence-corrected chi connectivity index (χ0v) is 25.6. The van der Waals surface area contributed by atoms with E-state index in [1.807, 2.05) is 32.9 Å². The van der Waals surface area contributed by atoms with E-state index in [0.29, 0.717) is 23.9 Å². The van der Waals surface area contributed by atoms with Crippen LogP contribution in [0.4, 0.5) is 0 Å². The summed E-state index contributed by atoms with van der Waals surface area (Å²) in [6.45, 7) is 9.08. The molecule has 0 radical (unpaired) electrons. The first-order valence-corrected chi connectivity index (χ1v) is 15.3. The number of ketones is 1. The van der Waals surface area contributed by atoms with Crippen LogP contribution in [-0.2, 0) is 32.0 Å². The van der Waals surface area contributed by atoms with Crippen LogP contribution in [0.5, 0.6) is 0 Å². The number of Topliss-reactive ketones (excluding diaryl/α,β-unsaturated/α-hetero) is 1. The number of hydrogen-bond donors (Lipinski definition) is 0. The van der Waals surface area contributed by atoms with Crippen LogP contribution in [0.25, 0.3) is 0 Å². The van der Waals surface area contributed by atoms with Crippen molar-refractivity contribution in [3.8, 4) is 0 Å². The summed E-state index contributed by atoms with van der Waals surface area (Å²) < 4.78 is 5.54. The average Bonchev–Trinajstić information content (AvgIpc) is 3.26. The van der Waals surface area contributed by atoms with Crippen LogP contribution in [0, 0.1) is 5.92 Å². The number of pyridine rings is 1. The fourth-order valence-corrected chi connectivity index (χ4v) is 6.30. The average molecular weight is 582 g/mol. The van der Waals surface area contributed by atoms with Crippen molar-refractivity contribution < 1.29 is 19.1 Å². The molecule has 4 rings (SSSR count). The van der Waals surface area contributed by atoms with Gasteiger partial charge in [-0.2, -0.15) is 0 Å². The van der Waals surface area contributed by atoms with Crippen LogP contribution in [-0.4, -0.2) is 69.3 Å². The van der Waals surface area contributed by atoms with Crippen LogP contribution in [0.3, 0.4) is 0 Å². The Morgan fingerprint density at radius 3 is 2.54 bits per heavy atom. The Morgan fingerprint density at radius 2 is 1.85 bits per heavy atom. The van der Waals surface area contributed by atoms with Gasteiger partial charge in [-0.15, -0.1) is 0 Å². The van der Waals surface area contributed by atoms with Crippen molar-refractivity contribution in [1.29, 1.82) is 0 Å². The number of nitrogens with zero attached hydrogens (tertiary/aromatic N) is 3. The Morgan fingerprint density at radius 1 is 1.10 bits per heavy atom. The molecule has 0 bridgehead atoms. The normalized spacial score (nSPS) is 22.2. The smallest absolute Gasteiger partial charge is 0.306 e. The van der Waals surface area contributed by atoms with Gasteiger partial charge in [0.25, 0.3) is 0 Å². The highest BCUT2D eigenvalue weighted by atomic mass is 35.5. The van der Waals surface area contributed by atoms with Gasteiger partial charge in [0.1, 0.15) is 5.60 Å². The first-order valence-electron chi connectivity index (χ1n) is 15.0. The van der Waals surface area contributed by atoms with Crippen molar-refractivity contribution in [3.63, 3.8) is 0 Å². The third kappa shape index (κ3) is 8.86. The molecule has 2 saturated heterocycles. The molecule has 1 aromatic carbocycles. The second-order valence-corrected chi connectivity index (χ2v) is 13.1. The number of hydrogen-bond acceptors (Lipinski definition) is 6. The Hall–Kier alpha value is -2.77. The third-order valence-electron chi connectivity index (χ3n) is 8.10. The van der Waals surface area contributed by atoms with E-state index in [9.17, 15) is 14.4 Å². The van der Waals surface area contributed by atoms with Gasteiger partial charge in [-0.05, 0) is 82.9 Å². The second-order valence-electron chi connectivity index (χ2n) is 12.6. The van der Waals surface area contributed by atoms with Crippen LogP contribution in [0.1, 0.15) is 77.5 Å². The Bertz CT molecular complexity index is 1180. The summed E-state index contributed by atoms with van der Waals surface area (Å²) >= 11 is 5.98. The zero-order chi connectivity index (χ0) is 29.6. The van der Waals surface area contributed by atoms with Crippen LogP contribution < -0.4 is 0 Å². The molecule has 1 amide bonds. The van der Waals surface area contributed by atoms with E-state index in [-0.39, 0.29) is 49.0 Å². The highest BCUT2D eigenvalue weighted by Crippen LogP contribution is 2.33. The van der Waals surface area contributed by atoms with E-state index in [4.69, 9.17) is 16.3 Å². The molecule has 8 heteroatoms. The van der Waals surface area contributed by atoms with Crippen LogP contribution in [0.2, 0.25) is 5.02 Å². The largest absolute Gasteiger partial charge is 0.460 e. The number of carbonyl (C=O) groups is 3. The van der Waals surface area contributed by atoms with Crippen molar-refractivity contribution in [1.82, 2.24) is 14.8 Å². The number of carbonyl (C=O) groups excluding carboxylic acids is 3. The van der Waals surface area contributed by atoms with Crippen molar-refractivity contribution in [3.05, 3.63) is 64.9 Å². The van der Waals surface area contributed by atoms with Crippen LogP contribution >= 0.6 is 11.6 Å². The standard InChI is InChI=1S/C33H44ClN3O4/c1-23-20-29-32(40)36(19-18-27(37(29)22-23)14-10-24-8-6-5-7-9-24)28(15-17-31(39)41-33(2,3)4)30(38)16-13-26-12-11-25(34)21-35-26/h5-9,11-12,21,23,27-29H,10,13-20,22H2,1-4H3/t23-,27?,28-,29+/m1/s1. The molecule has 7 nitrogen and oxygen atoms in total. The van der Waals surface area contributed by atoms with Gasteiger partial charge in [-0.3, -0.25) is 24.3 Å². The molecule has 222 valence electrons. The SMILES string of the molecule is C[C@@H]1C[C@H]2C(=O)N([C@H](CCC(=O)OC(C)(C)C)C(=O)CCc3ccc(Cl)cn3)CCC(CCc3ccccc3)N2C1. The number of amides is 1. The van der Waals surface area contributed by atoms with E-state index in [0.717, 1.165) is 37.9 Å². The maximum Gasteiger partial charge on any atom is 0.306 e. The van der Waals surface area contributed by atoms with Gasteiger partial charge in [0.05, 0.1) is 17.1 Å². The maximum absolute atomic E-state index is 14.1. The highest BCUT2D eigenvalue weighted by molar-refractivity contribution is 6.30. The molecule has 2 aliphatic heterocycles. The van der Waals surface area contributed by atoms with E-state index in [2.05, 4.69) is 41.1 Å². The molecular formula is C33H44ClN3O4. The Balaban J connectivity index is 1.52. The summed E-state index contributed by atoms with van der Waals surface area (Å²) in [7, 11) is 0. The summed E-state index contributed by atoms with van der Waals surface area (Å²) in [4.78, 5) is 49.1. The van der Waals surface area contributed by atoms with Crippen LogP contribution in [0.15, 0.2) is 48.7 Å². The van der Waals surface area contributed by atoms with Crippen molar-refractivity contribution in [2.24, 2.45) is 5.92 Å². The molecule has 2 fully saturated rings. The molecular weight excluding hydrogens is 538 g/mol. The van der Waals surface area contributed by atoms with Gasteiger partial charge in [0, 0.05) is 43.9 Å². The molecule has 41 heavy (non-hydrogen) atoms. The molecule has 1 aromatic heterocycles. The molecule has 2 aliphatic rings. The molecule has 4 atom stereocenters. The summed E-state index contributed by atoms with van der Waals surface area (Å²) in [6, 6.07) is 13.4. The quantitative estimate of drug-likeness (QED) is 0.318. The van der Waals surface area contributed by atoms with E-state index in [1.54, 1.807) is 17.2 Å². The third-order valence-corrected chi connectivity index (χ3v) is 8.33. The number of benzene rings is 1. The molecule has 0 saturated carbocycles. The van der Waals surface area contributed by atoms with Gasteiger partial charge < -0.3 is 9.64 Å². The van der Waals surface area contributed by atoms with Gasteiger partial charge in [-0.25, -0.2) is 0 Å². The predicted octanol–water partition coefficient (Wildman–Crippen LogP) is 5.67.